The first kappa shape index (κ1) is 13.0. The highest BCUT2D eigenvalue weighted by molar-refractivity contribution is 6.00. The lowest BCUT2D eigenvalue weighted by atomic mass is 10.3. The van der Waals surface area contributed by atoms with Gasteiger partial charge in [-0.15, -0.1) is 0 Å². The van der Waals surface area contributed by atoms with Gasteiger partial charge in [-0.3, -0.25) is 9.48 Å². The molecule has 0 spiro atoms. The van der Waals surface area contributed by atoms with E-state index in [1.54, 1.807) is 7.05 Å². The Morgan fingerprint density at radius 1 is 1.53 bits per heavy atom. The van der Waals surface area contributed by atoms with Crippen molar-refractivity contribution >= 4 is 17.6 Å². The molecule has 17 heavy (non-hydrogen) atoms. The molecule has 0 radical (unpaired) electrons. The first-order chi connectivity index (χ1) is 8.04. The van der Waals surface area contributed by atoms with Crippen LogP contribution in [0.15, 0.2) is 6.20 Å². The van der Waals surface area contributed by atoms with Gasteiger partial charge in [-0.25, -0.2) is 4.79 Å². The fraction of sp³-hybridized carbons (Fsp3) is 0.500. The molecular formula is C10H17N5O2. The van der Waals surface area contributed by atoms with E-state index < -0.39 is 5.91 Å². The lowest BCUT2D eigenvalue weighted by Crippen LogP contribution is -2.30. The maximum absolute atomic E-state index is 11.5. The van der Waals surface area contributed by atoms with E-state index in [1.807, 2.05) is 6.92 Å². The van der Waals surface area contributed by atoms with Crippen molar-refractivity contribution < 1.29 is 9.59 Å². The number of carbonyl (C=O) groups is 2. The third-order valence-electron chi connectivity index (χ3n) is 2.13. The summed E-state index contributed by atoms with van der Waals surface area (Å²) in [6, 6.07) is -0.367. The minimum Gasteiger partial charge on any atom is -0.364 e. The van der Waals surface area contributed by atoms with Crippen molar-refractivity contribution in [1.29, 1.82) is 0 Å². The number of nitrogens with zero attached hydrogens (tertiary/aromatic N) is 2. The van der Waals surface area contributed by atoms with Crippen molar-refractivity contribution in [3.05, 3.63) is 11.9 Å². The summed E-state index contributed by atoms with van der Waals surface area (Å²) in [4.78, 5) is 22.5. The highest BCUT2D eigenvalue weighted by atomic mass is 16.2. The molecule has 0 unspecified atom stereocenters. The number of anilines is 1. The van der Waals surface area contributed by atoms with Crippen LogP contribution in [0, 0.1) is 0 Å². The Morgan fingerprint density at radius 3 is 2.82 bits per heavy atom. The van der Waals surface area contributed by atoms with Crippen molar-refractivity contribution in [2.75, 3.05) is 11.9 Å². The Balaban J connectivity index is 2.61. The van der Waals surface area contributed by atoms with Crippen LogP contribution in [0.4, 0.5) is 10.5 Å². The van der Waals surface area contributed by atoms with Crippen molar-refractivity contribution in [2.24, 2.45) is 12.8 Å². The number of nitrogens with one attached hydrogen (secondary N) is 2. The number of urea groups is 1. The SMILES string of the molecule is CCCCNC(=O)Nc1cn(C)nc1C(N)=O. The molecule has 1 aromatic rings. The number of primary amides is 1. The van der Waals surface area contributed by atoms with E-state index >= 15 is 0 Å². The second-order valence-electron chi connectivity index (χ2n) is 3.66. The Morgan fingerprint density at radius 2 is 2.24 bits per heavy atom. The molecule has 94 valence electrons. The average molecular weight is 239 g/mol. The largest absolute Gasteiger partial charge is 0.364 e. The van der Waals surface area contributed by atoms with Gasteiger partial charge in [0, 0.05) is 19.8 Å². The van der Waals surface area contributed by atoms with Crippen molar-refractivity contribution in [3.8, 4) is 0 Å². The maximum atomic E-state index is 11.5. The summed E-state index contributed by atoms with van der Waals surface area (Å²) in [7, 11) is 1.65. The average Bonchev–Trinajstić information content (AvgIpc) is 2.60. The van der Waals surface area contributed by atoms with E-state index in [1.165, 1.54) is 10.9 Å². The Kier molecular flexibility index (Phi) is 4.50. The minimum absolute atomic E-state index is 0.0538. The number of unbranched alkanes of at least 4 members (excludes halogenated alkanes) is 1. The van der Waals surface area contributed by atoms with Gasteiger partial charge < -0.3 is 16.4 Å². The monoisotopic (exact) mass is 239 g/mol. The molecule has 0 atom stereocenters. The first-order valence-corrected chi connectivity index (χ1v) is 5.43. The molecule has 0 aliphatic rings. The Hall–Kier alpha value is -2.05. The molecule has 0 fully saturated rings. The third kappa shape index (κ3) is 3.78. The van der Waals surface area contributed by atoms with Crippen LogP contribution in [0.5, 0.6) is 0 Å². The quantitative estimate of drug-likeness (QED) is 0.650. The molecule has 4 N–H and O–H groups in total. The number of carbonyl (C=O) groups excluding carboxylic acids is 2. The zero-order chi connectivity index (χ0) is 12.8. The van der Waals surface area contributed by atoms with Crippen LogP contribution in [0.1, 0.15) is 30.3 Å². The molecule has 0 saturated carbocycles. The fourth-order valence-electron chi connectivity index (χ4n) is 1.31. The number of rotatable bonds is 5. The van der Waals surface area contributed by atoms with Crippen molar-refractivity contribution in [2.45, 2.75) is 19.8 Å². The van der Waals surface area contributed by atoms with E-state index in [0.717, 1.165) is 12.8 Å². The van der Waals surface area contributed by atoms with E-state index in [-0.39, 0.29) is 11.7 Å². The number of hydrogen-bond donors (Lipinski definition) is 3. The molecule has 1 aromatic heterocycles. The van der Waals surface area contributed by atoms with Gasteiger partial charge in [-0.2, -0.15) is 5.10 Å². The van der Waals surface area contributed by atoms with Gasteiger partial charge in [0.15, 0.2) is 5.69 Å². The summed E-state index contributed by atoms with van der Waals surface area (Å²) >= 11 is 0. The number of aryl methyl sites for hydroxylation is 1. The number of hydrogen-bond acceptors (Lipinski definition) is 3. The summed E-state index contributed by atoms with van der Waals surface area (Å²) < 4.78 is 1.42. The summed E-state index contributed by atoms with van der Waals surface area (Å²) in [5, 5.41) is 9.06. The van der Waals surface area contributed by atoms with E-state index in [2.05, 4.69) is 15.7 Å². The zero-order valence-electron chi connectivity index (χ0n) is 9.99. The standard InChI is InChI=1S/C10H17N5O2/c1-3-4-5-12-10(17)13-7-6-15(2)14-8(7)9(11)16/h6H,3-5H2,1-2H3,(H2,11,16)(H2,12,13,17). The molecule has 0 bridgehead atoms. The van der Waals surface area contributed by atoms with E-state index in [0.29, 0.717) is 12.2 Å². The normalized spacial score (nSPS) is 10.0. The number of nitrogens with two attached hydrogens (primary N) is 1. The van der Waals surface area contributed by atoms with Crippen molar-refractivity contribution in [1.82, 2.24) is 15.1 Å². The van der Waals surface area contributed by atoms with Gasteiger partial charge in [0.2, 0.25) is 0 Å². The van der Waals surface area contributed by atoms with Gasteiger partial charge in [-0.05, 0) is 6.42 Å². The predicted octanol–water partition coefficient (Wildman–Crippen LogP) is 0.441. The topological polar surface area (TPSA) is 102 Å². The lowest BCUT2D eigenvalue weighted by molar-refractivity contribution is 0.0995. The van der Waals surface area contributed by atoms with Crippen LogP contribution >= 0.6 is 0 Å². The summed E-state index contributed by atoms with van der Waals surface area (Å²) in [6.07, 6.45) is 3.43. The van der Waals surface area contributed by atoms with Crippen LogP contribution < -0.4 is 16.4 Å². The van der Waals surface area contributed by atoms with E-state index in [9.17, 15) is 9.59 Å². The Labute approximate surface area is 99.4 Å². The third-order valence-corrected chi connectivity index (χ3v) is 2.13. The van der Waals surface area contributed by atoms with Gasteiger partial charge in [0.05, 0.1) is 5.69 Å². The zero-order valence-corrected chi connectivity index (χ0v) is 9.99. The van der Waals surface area contributed by atoms with E-state index in [4.69, 9.17) is 5.73 Å². The molecule has 3 amide bonds. The predicted molar refractivity (Wildman–Crippen MR) is 63.7 cm³/mol. The summed E-state index contributed by atoms with van der Waals surface area (Å²) in [5.74, 6) is -0.672. The molecule has 7 heteroatoms. The highest BCUT2D eigenvalue weighted by Gasteiger charge is 2.14. The Bertz CT molecular complexity index is 413. The summed E-state index contributed by atoms with van der Waals surface area (Å²) in [6.45, 7) is 2.63. The van der Waals surface area contributed by atoms with Gasteiger partial charge >= 0.3 is 6.03 Å². The number of amides is 3. The minimum atomic E-state index is -0.672. The molecular weight excluding hydrogens is 222 g/mol. The highest BCUT2D eigenvalue weighted by Crippen LogP contribution is 2.11. The van der Waals surface area contributed by atoms with Crippen LogP contribution in [0.2, 0.25) is 0 Å². The molecule has 0 aliphatic carbocycles. The second kappa shape index (κ2) is 5.88. The van der Waals surface area contributed by atoms with Gasteiger partial charge in [0.1, 0.15) is 0 Å². The maximum Gasteiger partial charge on any atom is 0.319 e. The van der Waals surface area contributed by atoms with Crippen LogP contribution in [-0.4, -0.2) is 28.3 Å². The molecule has 0 aromatic carbocycles. The van der Waals surface area contributed by atoms with Gasteiger partial charge in [0.25, 0.3) is 5.91 Å². The summed E-state index contributed by atoms with van der Waals surface area (Å²) in [5.41, 5.74) is 5.51. The molecule has 7 nitrogen and oxygen atoms in total. The first-order valence-electron chi connectivity index (χ1n) is 5.43. The van der Waals surface area contributed by atoms with Crippen LogP contribution in [-0.2, 0) is 7.05 Å². The number of aromatic nitrogens is 2. The second-order valence-corrected chi connectivity index (χ2v) is 3.66. The smallest absolute Gasteiger partial charge is 0.319 e. The molecule has 0 saturated heterocycles. The molecule has 1 heterocycles. The van der Waals surface area contributed by atoms with Gasteiger partial charge in [-0.1, -0.05) is 13.3 Å². The van der Waals surface area contributed by atoms with Crippen LogP contribution in [0.3, 0.4) is 0 Å². The molecule has 0 aliphatic heterocycles. The fourth-order valence-corrected chi connectivity index (χ4v) is 1.31. The van der Waals surface area contributed by atoms with Crippen LogP contribution in [0.25, 0.3) is 0 Å². The van der Waals surface area contributed by atoms with Crippen molar-refractivity contribution in [3.63, 3.8) is 0 Å². The molecule has 1 rings (SSSR count). The lowest BCUT2D eigenvalue weighted by Gasteiger charge is -2.05.